The molecule has 96 valence electrons. The quantitative estimate of drug-likeness (QED) is 0.615. The minimum atomic E-state index is 0.667. The first-order valence-electron chi connectivity index (χ1n) is 6.34. The molecule has 0 amide bonds. The van der Waals surface area contributed by atoms with E-state index in [9.17, 15) is 0 Å². The van der Waals surface area contributed by atoms with Gasteiger partial charge in [-0.15, -0.1) is 6.42 Å². The van der Waals surface area contributed by atoms with Crippen molar-refractivity contribution in [1.82, 2.24) is 4.98 Å². The molecule has 0 aliphatic rings. The zero-order valence-corrected chi connectivity index (χ0v) is 12.5. The van der Waals surface area contributed by atoms with Crippen LogP contribution < -0.4 is 0 Å². The molecule has 1 rings (SSSR count). The first-order chi connectivity index (χ1) is 8.29. The summed E-state index contributed by atoms with van der Waals surface area (Å²) in [4.78, 5) is 4.02. The van der Waals surface area contributed by atoms with Gasteiger partial charge in [0.1, 0.15) is 5.69 Å². The van der Waals surface area contributed by atoms with Gasteiger partial charge in [-0.3, -0.25) is 0 Å². The standard InChI is InChI=1S/C10H9N.3C2H6/c1-4-9-8(3)6-7-11-10(9)5-2;3*1-2/h2,4,6-7H,1H2,3H3;3*1-2H3. The second-order valence-corrected chi connectivity index (χ2v) is 2.24. The molecule has 0 saturated heterocycles. The molecule has 0 aliphatic heterocycles. The molecule has 0 spiro atoms. The molecule has 0 atom stereocenters. The monoisotopic (exact) mass is 233 g/mol. The highest BCUT2D eigenvalue weighted by atomic mass is 14.7. The van der Waals surface area contributed by atoms with E-state index in [0.717, 1.165) is 11.1 Å². The second kappa shape index (κ2) is 16.9. The van der Waals surface area contributed by atoms with Gasteiger partial charge in [0.25, 0.3) is 0 Å². The zero-order valence-electron chi connectivity index (χ0n) is 12.5. The maximum absolute atomic E-state index is 5.23. The summed E-state index contributed by atoms with van der Waals surface area (Å²) in [5.74, 6) is 2.50. The SMILES string of the molecule is C#Cc1nccc(C)c1C=C.CC.CC.CC. The van der Waals surface area contributed by atoms with Gasteiger partial charge >= 0.3 is 0 Å². The Labute approximate surface area is 108 Å². The molecule has 0 unspecified atom stereocenters. The van der Waals surface area contributed by atoms with Crippen LogP contribution in [0.15, 0.2) is 18.8 Å². The van der Waals surface area contributed by atoms with Crippen LogP contribution in [0.25, 0.3) is 6.08 Å². The van der Waals surface area contributed by atoms with Crippen molar-refractivity contribution in [3.63, 3.8) is 0 Å². The lowest BCUT2D eigenvalue weighted by molar-refractivity contribution is 1.24. The summed E-state index contributed by atoms with van der Waals surface area (Å²) in [6.07, 6.45) is 8.67. The molecular weight excluding hydrogens is 206 g/mol. The van der Waals surface area contributed by atoms with Gasteiger partial charge < -0.3 is 0 Å². The van der Waals surface area contributed by atoms with Crippen molar-refractivity contribution in [3.8, 4) is 12.3 Å². The van der Waals surface area contributed by atoms with E-state index < -0.39 is 0 Å². The van der Waals surface area contributed by atoms with Gasteiger partial charge in [-0.1, -0.05) is 54.2 Å². The van der Waals surface area contributed by atoms with Gasteiger partial charge in [0.2, 0.25) is 0 Å². The lowest BCUT2D eigenvalue weighted by Crippen LogP contribution is -1.89. The molecule has 1 nitrogen and oxygen atoms in total. The molecule has 1 heteroatoms. The highest BCUT2D eigenvalue weighted by Crippen LogP contribution is 2.11. The molecule has 1 aromatic rings. The number of terminal acetylenes is 1. The predicted octanol–water partition coefficient (Wildman–Crippen LogP) is 5.09. The summed E-state index contributed by atoms with van der Waals surface area (Å²) in [6.45, 7) is 17.7. The van der Waals surface area contributed by atoms with E-state index in [1.807, 2.05) is 54.5 Å². The fourth-order valence-corrected chi connectivity index (χ4v) is 0.942. The Balaban J connectivity index is -0.000000285. The Morgan fingerprint density at radius 3 is 1.94 bits per heavy atom. The van der Waals surface area contributed by atoms with Crippen molar-refractivity contribution in [3.05, 3.63) is 35.7 Å². The van der Waals surface area contributed by atoms with Crippen LogP contribution in [0.3, 0.4) is 0 Å². The Kier molecular flexibility index (Phi) is 20.6. The van der Waals surface area contributed by atoms with E-state index >= 15 is 0 Å². The molecular formula is C16H27N. The number of aryl methyl sites for hydroxylation is 1. The van der Waals surface area contributed by atoms with Crippen LogP contribution in [0, 0.1) is 19.3 Å². The van der Waals surface area contributed by atoms with Crippen molar-refractivity contribution in [2.75, 3.05) is 0 Å². The summed E-state index contributed by atoms with van der Waals surface area (Å²) in [6, 6.07) is 1.91. The third-order valence-electron chi connectivity index (χ3n) is 1.55. The van der Waals surface area contributed by atoms with Crippen LogP contribution in [0.5, 0.6) is 0 Å². The van der Waals surface area contributed by atoms with Crippen LogP contribution in [-0.2, 0) is 0 Å². The van der Waals surface area contributed by atoms with Crippen LogP contribution in [0.2, 0.25) is 0 Å². The molecule has 0 aliphatic carbocycles. The van der Waals surface area contributed by atoms with E-state index in [1.54, 1.807) is 12.3 Å². The van der Waals surface area contributed by atoms with Gasteiger partial charge in [-0.05, 0) is 24.5 Å². The lowest BCUT2D eigenvalue weighted by atomic mass is 10.1. The van der Waals surface area contributed by atoms with E-state index in [-0.39, 0.29) is 0 Å². The maximum atomic E-state index is 5.23. The fraction of sp³-hybridized carbons (Fsp3) is 0.438. The number of hydrogen-bond donors (Lipinski definition) is 0. The first-order valence-corrected chi connectivity index (χ1v) is 6.34. The van der Waals surface area contributed by atoms with E-state index in [4.69, 9.17) is 6.42 Å². The summed E-state index contributed by atoms with van der Waals surface area (Å²) in [5, 5.41) is 0. The van der Waals surface area contributed by atoms with Crippen molar-refractivity contribution >= 4 is 6.08 Å². The van der Waals surface area contributed by atoms with E-state index in [2.05, 4.69) is 17.5 Å². The second-order valence-electron chi connectivity index (χ2n) is 2.24. The van der Waals surface area contributed by atoms with E-state index in [1.165, 1.54) is 0 Å². The lowest BCUT2D eigenvalue weighted by Gasteiger charge is -2.00. The van der Waals surface area contributed by atoms with Crippen molar-refractivity contribution in [2.24, 2.45) is 0 Å². The smallest absolute Gasteiger partial charge is 0.120 e. The molecule has 0 bridgehead atoms. The van der Waals surface area contributed by atoms with E-state index in [0.29, 0.717) is 5.69 Å². The number of aromatic nitrogens is 1. The average molecular weight is 233 g/mol. The topological polar surface area (TPSA) is 12.9 Å². The molecule has 1 heterocycles. The van der Waals surface area contributed by atoms with Crippen molar-refractivity contribution in [1.29, 1.82) is 0 Å². The summed E-state index contributed by atoms with van der Waals surface area (Å²) < 4.78 is 0. The first kappa shape index (κ1) is 20.8. The van der Waals surface area contributed by atoms with Gasteiger partial charge in [-0.2, -0.15) is 0 Å². The van der Waals surface area contributed by atoms with Crippen molar-refractivity contribution < 1.29 is 0 Å². The molecule has 17 heavy (non-hydrogen) atoms. The fourth-order valence-electron chi connectivity index (χ4n) is 0.942. The Hall–Kier alpha value is -1.55. The minimum Gasteiger partial charge on any atom is -0.247 e. The van der Waals surface area contributed by atoms with Gasteiger partial charge in [0, 0.05) is 11.8 Å². The van der Waals surface area contributed by atoms with Crippen LogP contribution >= 0.6 is 0 Å². The normalized spacial score (nSPS) is 6.71. The summed E-state index contributed by atoms with van der Waals surface area (Å²) in [5.41, 5.74) is 2.73. The highest BCUT2D eigenvalue weighted by molar-refractivity contribution is 5.57. The average Bonchev–Trinajstić information content (AvgIpc) is 2.45. The predicted molar refractivity (Wildman–Crippen MR) is 81.0 cm³/mol. The Morgan fingerprint density at radius 2 is 1.65 bits per heavy atom. The molecule has 0 N–H and O–H groups in total. The number of nitrogens with zero attached hydrogens (tertiary/aromatic N) is 1. The number of rotatable bonds is 1. The highest BCUT2D eigenvalue weighted by Gasteiger charge is 1.98. The molecule has 1 aromatic heterocycles. The zero-order chi connectivity index (χ0) is 14.3. The van der Waals surface area contributed by atoms with Crippen LogP contribution in [-0.4, -0.2) is 4.98 Å². The largest absolute Gasteiger partial charge is 0.247 e. The third kappa shape index (κ3) is 8.28. The summed E-state index contributed by atoms with van der Waals surface area (Å²) >= 11 is 0. The maximum Gasteiger partial charge on any atom is 0.120 e. The van der Waals surface area contributed by atoms with Gasteiger partial charge in [-0.25, -0.2) is 4.98 Å². The molecule has 0 radical (unpaired) electrons. The molecule has 0 aromatic carbocycles. The van der Waals surface area contributed by atoms with Gasteiger partial charge in [0.05, 0.1) is 0 Å². The minimum absolute atomic E-state index is 0.667. The number of hydrogen-bond acceptors (Lipinski definition) is 1. The Morgan fingerprint density at radius 1 is 1.18 bits per heavy atom. The van der Waals surface area contributed by atoms with Crippen molar-refractivity contribution in [2.45, 2.75) is 48.5 Å². The molecule has 0 fully saturated rings. The van der Waals surface area contributed by atoms with Crippen LogP contribution in [0.1, 0.15) is 58.4 Å². The van der Waals surface area contributed by atoms with Crippen LogP contribution in [0.4, 0.5) is 0 Å². The third-order valence-corrected chi connectivity index (χ3v) is 1.55. The number of pyridine rings is 1. The summed E-state index contributed by atoms with van der Waals surface area (Å²) in [7, 11) is 0. The Bertz CT molecular complexity index is 319. The van der Waals surface area contributed by atoms with Gasteiger partial charge in [0.15, 0.2) is 0 Å². The molecule has 0 saturated carbocycles.